The van der Waals surface area contributed by atoms with Crippen molar-refractivity contribution < 1.29 is 14.3 Å². The van der Waals surface area contributed by atoms with Crippen LogP contribution in [0, 0.1) is 0 Å². The van der Waals surface area contributed by atoms with Gasteiger partial charge in [-0.25, -0.2) is 0 Å². The van der Waals surface area contributed by atoms with Gasteiger partial charge in [0.05, 0.1) is 12.1 Å². The highest BCUT2D eigenvalue weighted by molar-refractivity contribution is 5.97. The van der Waals surface area contributed by atoms with E-state index in [0.717, 1.165) is 31.4 Å². The topological polar surface area (TPSA) is 85.3 Å². The molecule has 1 saturated heterocycles. The number of ether oxygens (including phenoxy) is 1. The minimum absolute atomic E-state index is 0.0454. The summed E-state index contributed by atoms with van der Waals surface area (Å²) >= 11 is 0. The molecule has 7 heteroatoms. The van der Waals surface area contributed by atoms with E-state index in [0.29, 0.717) is 12.2 Å². The molecule has 0 radical (unpaired) electrons. The average molecular weight is 370 g/mol. The second-order valence-electron chi connectivity index (χ2n) is 6.72. The predicted molar refractivity (Wildman–Crippen MR) is 102 cm³/mol. The van der Waals surface area contributed by atoms with Gasteiger partial charge in [0.1, 0.15) is 5.69 Å². The molecule has 2 N–H and O–H groups in total. The highest BCUT2D eigenvalue weighted by Gasteiger charge is 2.23. The molecule has 144 valence electrons. The summed E-state index contributed by atoms with van der Waals surface area (Å²) in [7, 11) is 1.54. The number of nitrogens with one attached hydrogen (secondary N) is 2. The Bertz CT molecular complexity index is 782. The molecule has 2 aromatic rings. The fraction of sp³-hybridized carbons (Fsp3) is 0.450. The van der Waals surface area contributed by atoms with Gasteiger partial charge in [-0.1, -0.05) is 30.3 Å². The van der Waals surface area contributed by atoms with Gasteiger partial charge in [-0.2, -0.15) is 5.10 Å². The number of rotatable bonds is 6. The molecule has 1 aromatic carbocycles. The summed E-state index contributed by atoms with van der Waals surface area (Å²) in [6.45, 7) is 3.15. The van der Waals surface area contributed by atoms with E-state index in [4.69, 9.17) is 4.74 Å². The van der Waals surface area contributed by atoms with Crippen LogP contribution >= 0.6 is 0 Å². The van der Waals surface area contributed by atoms with E-state index in [-0.39, 0.29) is 29.7 Å². The fourth-order valence-electron chi connectivity index (χ4n) is 3.24. The lowest BCUT2D eigenvalue weighted by molar-refractivity contribution is 0.0168. The molecule has 1 aliphatic rings. The van der Waals surface area contributed by atoms with Gasteiger partial charge in [0, 0.05) is 26.3 Å². The average Bonchev–Trinajstić information content (AvgIpc) is 3.18. The van der Waals surface area contributed by atoms with Gasteiger partial charge in [-0.15, -0.1) is 0 Å². The lowest BCUT2D eigenvalue weighted by Crippen LogP contribution is -2.36. The molecule has 27 heavy (non-hydrogen) atoms. The maximum absolute atomic E-state index is 12.8. The van der Waals surface area contributed by atoms with E-state index in [9.17, 15) is 9.59 Å². The van der Waals surface area contributed by atoms with Gasteiger partial charge in [-0.3, -0.25) is 14.3 Å². The van der Waals surface area contributed by atoms with Crippen LogP contribution in [0.1, 0.15) is 58.8 Å². The van der Waals surface area contributed by atoms with Crippen molar-refractivity contribution in [3.8, 4) is 0 Å². The molecule has 1 aliphatic heterocycles. The Kier molecular flexibility index (Phi) is 6.24. The molecule has 1 fully saturated rings. The number of benzene rings is 1. The summed E-state index contributed by atoms with van der Waals surface area (Å²) in [4.78, 5) is 24.8. The number of nitrogens with zero attached hydrogens (tertiary/aromatic N) is 2. The second kappa shape index (κ2) is 8.81. The van der Waals surface area contributed by atoms with E-state index in [1.165, 1.54) is 6.07 Å². The number of carbonyl (C=O) groups is 2. The molecule has 3 rings (SSSR count). The van der Waals surface area contributed by atoms with Crippen molar-refractivity contribution in [2.75, 3.05) is 20.2 Å². The lowest BCUT2D eigenvalue weighted by Gasteiger charge is -2.23. The summed E-state index contributed by atoms with van der Waals surface area (Å²) in [5.74, 6) is -0.576. The number of hydrogen-bond donors (Lipinski definition) is 2. The van der Waals surface area contributed by atoms with Crippen molar-refractivity contribution in [3.63, 3.8) is 0 Å². The van der Waals surface area contributed by atoms with E-state index in [2.05, 4.69) is 15.7 Å². The Morgan fingerprint density at radius 3 is 2.70 bits per heavy atom. The number of amides is 2. The minimum atomic E-state index is -0.321. The predicted octanol–water partition coefficient (Wildman–Crippen LogP) is 2.15. The van der Waals surface area contributed by atoms with Crippen molar-refractivity contribution in [1.82, 2.24) is 20.4 Å². The zero-order chi connectivity index (χ0) is 19.2. The Labute approximate surface area is 159 Å². The number of carbonyl (C=O) groups excluding carboxylic acids is 2. The Balaban J connectivity index is 1.82. The molecule has 1 unspecified atom stereocenters. The maximum Gasteiger partial charge on any atom is 0.271 e. The minimum Gasteiger partial charge on any atom is -0.376 e. The van der Waals surface area contributed by atoms with Crippen LogP contribution < -0.4 is 10.6 Å². The zero-order valence-corrected chi connectivity index (χ0v) is 15.8. The van der Waals surface area contributed by atoms with Gasteiger partial charge in [0.15, 0.2) is 5.69 Å². The fourth-order valence-corrected chi connectivity index (χ4v) is 3.24. The number of aromatic nitrogens is 2. The van der Waals surface area contributed by atoms with Gasteiger partial charge in [0.2, 0.25) is 0 Å². The third-order valence-electron chi connectivity index (χ3n) is 4.84. The quantitative estimate of drug-likeness (QED) is 0.816. The second-order valence-corrected chi connectivity index (χ2v) is 6.72. The monoisotopic (exact) mass is 370 g/mol. The highest BCUT2D eigenvalue weighted by Crippen LogP contribution is 2.20. The largest absolute Gasteiger partial charge is 0.376 e. The van der Waals surface area contributed by atoms with Crippen molar-refractivity contribution in [1.29, 1.82) is 0 Å². The molecular weight excluding hydrogens is 344 g/mol. The Morgan fingerprint density at radius 1 is 1.26 bits per heavy atom. The third-order valence-corrected chi connectivity index (χ3v) is 4.84. The SMILES string of the molecule is CNC(=O)c1cc(C(=O)NCC2CCCCO2)n([C@@H](C)c2ccccc2)n1. The van der Waals surface area contributed by atoms with E-state index < -0.39 is 0 Å². The van der Waals surface area contributed by atoms with Crippen LogP contribution in [0.4, 0.5) is 0 Å². The first kappa shape index (κ1) is 19.1. The van der Waals surface area contributed by atoms with Gasteiger partial charge in [-0.05, 0) is 31.7 Å². The standard InChI is InChI=1S/C20H26N4O3/c1-14(15-8-4-3-5-9-15)24-18(12-17(23-24)19(25)21-2)20(26)22-13-16-10-6-7-11-27-16/h3-5,8-9,12,14,16H,6-7,10-11,13H2,1-2H3,(H,21,25)(H,22,26)/t14-,16?/m0/s1. The first-order valence-electron chi connectivity index (χ1n) is 9.36. The summed E-state index contributed by atoms with van der Waals surface area (Å²) in [6.07, 6.45) is 3.18. The molecule has 2 amide bonds. The van der Waals surface area contributed by atoms with Crippen LogP contribution in [0.3, 0.4) is 0 Å². The molecule has 0 bridgehead atoms. The van der Waals surface area contributed by atoms with Crippen LogP contribution in [-0.4, -0.2) is 47.9 Å². The Hall–Kier alpha value is -2.67. The van der Waals surface area contributed by atoms with Crippen molar-refractivity contribution in [3.05, 3.63) is 53.3 Å². The first-order chi connectivity index (χ1) is 13.1. The van der Waals surface area contributed by atoms with Crippen LogP contribution in [0.2, 0.25) is 0 Å². The van der Waals surface area contributed by atoms with E-state index >= 15 is 0 Å². The van der Waals surface area contributed by atoms with Crippen molar-refractivity contribution in [2.24, 2.45) is 0 Å². The number of hydrogen-bond acceptors (Lipinski definition) is 4. The molecule has 0 aliphatic carbocycles. The van der Waals surface area contributed by atoms with Crippen LogP contribution in [-0.2, 0) is 4.74 Å². The Morgan fingerprint density at radius 2 is 2.04 bits per heavy atom. The van der Waals surface area contributed by atoms with E-state index in [1.807, 2.05) is 37.3 Å². The summed E-state index contributed by atoms with van der Waals surface area (Å²) < 4.78 is 7.28. The maximum atomic E-state index is 12.8. The molecule has 7 nitrogen and oxygen atoms in total. The summed E-state index contributed by atoms with van der Waals surface area (Å²) in [6, 6.07) is 11.1. The highest BCUT2D eigenvalue weighted by atomic mass is 16.5. The van der Waals surface area contributed by atoms with Crippen molar-refractivity contribution >= 4 is 11.8 Å². The first-order valence-corrected chi connectivity index (χ1v) is 9.36. The van der Waals surface area contributed by atoms with Crippen molar-refractivity contribution in [2.45, 2.75) is 38.3 Å². The van der Waals surface area contributed by atoms with Crippen LogP contribution in [0.5, 0.6) is 0 Å². The smallest absolute Gasteiger partial charge is 0.271 e. The molecule has 1 aromatic heterocycles. The third kappa shape index (κ3) is 4.54. The van der Waals surface area contributed by atoms with E-state index in [1.54, 1.807) is 11.7 Å². The lowest BCUT2D eigenvalue weighted by atomic mass is 10.1. The van der Waals surface area contributed by atoms with Crippen LogP contribution in [0.25, 0.3) is 0 Å². The zero-order valence-electron chi connectivity index (χ0n) is 15.8. The van der Waals surface area contributed by atoms with Gasteiger partial charge in [0.25, 0.3) is 11.8 Å². The molecule has 0 saturated carbocycles. The molecule has 0 spiro atoms. The van der Waals surface area contributed by atoms with Gasteiger partial charge < -0.3 is 15.4 Å². The molecular formula is C20H26N4O3. The molecule has 2 heterocycles. The van der Waals surface area contributed by atoms with Gasteiger partial charge >= 0.3 is 0 Å². The summed E-state index contributed by atoms with van der Waals surface area (Å²) in [5, 5.41) is 9.87. The van der Waals surface area contributed by atoms with Crippen LogP contribution in [0.15, 0.2) is 36.4 Å². The molecule has 2 atom stereocenters. The normalized spacial score (nSPS) is 17.9. The summed E-state index contributed by atoms with van der Waals surface area (Å²) in [5.41, 5.74) is 1.59.